The van der Waals surface area contributed by atoms with Crippen molar-refractivity contribution in [1.29, 1.82) is 0 Å². The maximum absolute atomic E-state index is 12.7. The second-order valence-electron chi connectivity index (χ2n) is 4.73. The molecule has 94 valence electrons. The first-order valence-electron chi connectivity index (χ1n) is 5.84. The van der Waals surface area contributed by atoms with Crippen LogP contribution in [0.5, 0.6) is 0 Å². The van der Waals surface area contributed by atoms with Crippen molar-refractivity contribution in [3.05, 3.63) is 11.6 Å². The third kappa shape index (κ3) is 4.16. The Bertz CT molecular complexity index is 241. The highest BCUT2D eigenvalue weighted by atomic mass is 19.4. The number of hydrogen-bond donors (Lipinski definition) is 1. The summed E-state index contributed by atoms with van der Waals surface area (Å²) in [6, 6.07) is -0.399. The number of halogens is 3. The van der Waals surface area contributed by atoms with E-state index in [0.717, 1.165) is 12.0 Å². The topological polar surface area (TPSA) is 12.0 Å². The molecule has 0 aliphatic heterocycles. The number of nitrogens with one attached hydrogen (secondary N) is 1. The summed E-state index contributed by atoms with van der Waals surface area (Å²) >= 11 is 0. The van der Waals surface area contributed by atoms with Gasteiger partial charge in [-0.3, -0.25) is 0 Å². The van der Waals surface area contributed by atoms with Crippen molar-refractivity contribution in [2.75, 3.05) is 6.54 Å². The summed E-state index contributed by atoms with van der Waals surface area (Å²) in [6.45, 7) is 4.44. The first kappa shape index (κ1) is 13.6. The predicted octanol–water partition coefficient (Wildman–Crippen LogP) is 3.66. The Balaban J connectivity index is 2.51. The largest absolute Gasteiger partial charge is 0.393 e. The number of alkyl halides is 3. The molecule has 2 atom stereocenters. The van der Waals surface area contributed by atoms with Crippen LogP contribution in [-0.4, -0.2) is 18.8 Å². The summed E-state index contributed by atoms with van der Waals surface area (Å²) in [7, 11) is 0. The lowest BCUT2D eigenvalue weighted by atomic mass is 9.84. The van der Waals surface area contributed by atoms with Crippen LogP contribution in [0.25, 0.3) is 0 Å². The van der Waals surface area contributed by atoms with Crippen LogP contribution in [0.3, 0.4) is 0 Å². The van der Waals surface area contributed by atoms with E-state index in [-0.39, 0.29) is 6.42 Å². The Morgan fingerprint density at radius 2 is 1.88 bits per heavy atom. The van der Waals surface area contributed by atoms with Crippen LogP contribution in [0, 0.1) is 5.92 Å². The number of hydrogen-bond acceptors (Lipinski definition) is 1. The molecule has 1 aliphatic rings. The molecule has 1 fully saturated rings. The van der Waals surface area contributed by atoms with Crippen LogP contribution in [0.1, 0.15) is 39.5 Å². The molecule has 0 bridgehead atoms. The average molecular weight is 235 g/mol. The molecule has 0 spiro atoms. The predicted molar refractivity (Wildman–Crippen MR) is 59.2 cm³/mol. The van der Waals surface area contributed by atoms with Gasteiger partial charge in [-0.1, -0.05) is 24.5 Å². The van der Waals surface area contributed by atoms with Crippen LogP contribution in [0.15, 0.2) is 11.6 Å². The van der Waals surface area contributed by atoms with Gasteiger partial charge in [-0.2, -0.15) is 13.2 Å². The van der Waals surface area contributed by atoms with E-state index in [0.29, 0.717) is 19.4 Å². The van der Waals surface area contributed by atoms with E-state index in [1.165, 1.54) is 0 Å². The van der Waals surface area contributed by atoms with Gasteiger partial charge in [0.15, 0.2) is 0 Å². The normalized spacial score (nSPS) is 26.6. The number of allylic oxidation sites excluding steroid dienone is 1. The highest BCUT2D eigenvalue weighted by molar-refractivity contribution is 4.96. The fraction of sp³-hybridized carbons (Fsp3) is 0.833. The minimum Gasteiger partial charge on any atom is -0.310 e. The van der Waals surface area contributed by atoms with E-state index >= 15 is 0 Å². The zero-order valence-corrected chi connectivity index (χ0v) is 9.90. The Labute approximate surface area is 95.1 Å². The van der Waals surface area contributed by atoms with Gasteiger partial charge in [0.1, 0.15) is 0 Å². The third-order valence-corrected chi connectivity index (χ3v) is 3.08. The Morgan fingerprint density at radius 3 is 2.44 bits per heavy atom. The molecule has 0 aromatic rings. The Kier molecular flexibility index (Phi) is 4.84. The molecule has 0 aromatic heterocycles. The standard InChI is InChI=1S/C12H20F3N/c1-9(2)7-8-16-11-6-4-3-5-10(11)12(13,14)15/h7,10-11,16H,3-6,8H2,1-2H3/t10-,11-/m1/s1. The molecule has 1 saturated carbocycles. The first-order valence-corrected chi connectivity index (χ1v) is 5.84. The van der Waals surface area contributed by atoms with Crippen molar-refractivity contribution < 1.29 is 13.2 Å². The second-order valence-corrected chi connectivity index (χ2v) is 4.73. The van der Waals surface area contributed by atoms with Crippen molar-refractivity contribution in [3.8, 4) is 0 Å². The summed E-state index contributed by atoms with van der Waals surface area (Å²) < 4.78 is 38.2. The van der Waals surface area contributed by atoms with Gasteiger partial charge in [0, 0.05) is 12.6 Å². The molecule has 1 rings (SSSR count). The molecule has 0 amide bonds. The van der Waals surface area contributed by atoms with Crippen molar-refractivity contribution in [2.45, 2.75) is 51.7 Å². The summed E-state index contributed by atoms with van der Waals surface area (Å²) in [4.78, 5) is 0. The highest BCUT2D eigenvalue weighted by Gasteiger charge is 2.45. The van der Waals surface area contributed by atoms with Crippen molar-refractivity contribution >= 4 is 0 Å². The molecule has 1 aliphatic carbocycles. The van der Waals surface area contributed by atoms with Crippen LogP contribution in [0.2, 0.25) is 0 Å². The molecule has 0 heterocycles. The second kappa shape index (κ2) is 5.71. The lowest BCUT2D eigenvalue weighted by molar-refractivity contribution is -0.188. The van der Waals surface area contributed by atoms with Gasteiger partial charge in [-0.15, -0.1) is 0 Å². The molecular weight excluding hydrogens is 215 g/mol. The van der Waals surface area contributed by atoms with Crippen LogP contribution >= 0.6 is 0 Å². The van der Waals surface area contributed by atoms with Gasteiger partial charge in [0.05, 0.1) is 5.92 Å². The minimum atomic E-state index is -4.05. The van der Waals surface area contributed by atoms with E-state index in [4.69, 9.17) is 0 Å². The highest BCUT2D eigenvalue weighted by Crippen LogP contribution is 2.37. The Hall–Kier alpha value is -0.510. The molecule has 0 saturated heterocycles. The van der Waals surface area contributed by atoms with Crippen LogP contribution in [0.4, 0.5) is 13.2 Å². The SMILES string of the molecule is CC(C)=CCN[C@@H]1CCCC[C@H]1C(F)(F)F. The van der Waals surface area contributed by atoms with E-state index in [1.54, 1.807) is 0 Å². The van der Waals surface area contributed by atoms with E-state index in [9.17, 15) is 13.2 Å². The lowest BCUT2D eigenvalue weighted by Crippen LogP contribution is -2.45. The van der Waals surface area contributed by atoms with Gasteiger partial charge in [0.25, 0.3) is 0 Å². The lowest BCUT2D eigenvalue weighted by Gasteiger charge is -2.33. The maximum atomic E-state index is 12.7. The average Bonchev–Trinajstić information content (AvgIpc) is 2.16. The summed E-state index contributed by atoms with van der Waals surface area (Å²) in [6.07, 6.45) is 0.395. The number of rotatable bonds is 3. The zero-order valence-electron chi connectivity index (χ0n) is 9.90. The first-order chi connectivity index (χ1) is 7.41. The fourth-order valence-corrected chi connectivity index (χ4v) is 2.18. The molecule has 0 radical (unpaired) electrons. The minimum absolute atomic E-state index is 0.274. The quantitative estimate of drug-likeness (QED) is 0.736. The van der Waals surface area contributed by atoms with E-state index in [1.807, 2.05) is 19.9 Å². The fourth-order valence-electron chi connectivity index (χ4n) is 2.18. The van der Waals surface area contributed by atoms with E-state index in [2.05, 4.69) is 5.32 Å². The maximum Gasteiger partial charge on any atom is 0.393 e. The molecule has 0 unspecified atom stereocenters. The van der Waals surface area contributed by atoms with Crippen LogP contribution in [-0.2, 0) is 0 Å². The van der Waals surface area contributed by atoms with Crippen molar-refractivity contribution in [2.24, 2.45) is 5.92 Å². The van der Waals surface area contributed by atoms with Crippen molar-refractivity contribution in [3.63, 3.8) is 0 Å². The summed E-state index contributed by atoms with van der Waals surface area (Å²) in [5.41, 5.74) is 1.13. The van der Waals surface area contributed by atoms with Gasteiger partial charge in [-0.25, -0.2) is 0 Å². The van der Waals surface area contributed by atoms with Gasteiger partial charge >= 0.3 is 6.18 Å². The monoisotopic (exact) mass is 235 g/mol. The van der Waals surface area contributed by atoms with Gasteiger partial charge in [0.2, 0.25) is 0 Å². The Morgan fingerprint density at radius 1 is 1.25 bits per heavy atom. The third-order valence-electron chi connectivity index (χ3n) is 3.08. The van der Waals surface area contributed by atoms with E-state index < -0.39 is 18.1 Å². The van der Waals surface area contributed by atoms with Gasteiger partial charge < -0.3 is 5.32 Å². The molecule has 1 nitrogen and oxygen atoms in total. The van der Waals surface area contributed by atoms with Crippen molar-refractivity contribution in [1.82, 2.24) is 5.32 Å². The summed E-state index contributed by atoms with van der Waals surface area (Å²) in [5.74, 6) is -1.16. The molecule has 1 N–H and O–H groups in total. The molecule has 16 heavy (non-hydrogen) atoms. The summed E-state index contributed by atoms with van der Waals surface area (Å²) in [5, 5.41) is 3.01. The molecular formula is C12H20F3N. The molecule has 0 aromatic carbocycles. The molecule has 4 heteroatoms. The smallest absolute Gasteiger partial charge is 0.310 e. The zero-order chi connectivity index (χ0) is 12.2. The van der Waals surface area contributed by atoms with Gasteiger partial charge in [-0.05, 0) is 26.7 Å². The van der Waals surface area contributed by atoms with Crippen LogP contribution < -0.4 is 5.32 Å².